The summed E-state index contributed by atoms with van der Waals surface area (Å²) in [5.74, 6) is -0.113. The monoisotopic (exact) mass is 216 g/mol. The molecule has 1 aliphatic heterocycles. The zero-order valence-corrected chi connectivity index (χ0v) is 9.53. The highest BCUT2D eigenvalue weighted by atomic mass is 16.5. The van der Waals surface area contributed by atoms with Gasteiger partial charge in [-0.25, -0.2) is 0 Å². The molecule has 2 nitrogen and oxygen atoms in total. The van der Waals surface area contributed by atoms with Crippen molar-refractivity contribution in [3.05, 3.63) is 48.0 Å². The van der Waals surface area contributed by atoms with Crippen molar-refractivity contribution in [3.63, 3.8) is 0 Å². The van der Waals surface area contributed by atoms with Gasteiger partial charge in [0.25, 0.3) is 0 Å². The molecule has 1 aromatic carbocycles. The van der Waals surface area contributed by atoms with E-state index in [4.69, 9.17) is 4.74 Å². The van der Waals surface area contributed by atoms with E-state index in [-0.39, 0.29) is 5.97 Å². The minimum atomic E-state index is -0.492. The van der Waals surface area contributed by atoms with Gasteiger partial charge in [0, 0.05) is 6.42 Å². The van der Waals surface area contributed by atoms with Crippen LogP contribution in [0.3, 0.4) is 0 Å². The molecular weight excluding hydrogens is 200 g/mol. The smallest absolute Gasteiger partial charge is 0.317 e. The molecule has 0 spiro atoms. The zero-order chi connectivity index (χ0) is 11.6. The van der Waals surface area contributed by atoms with Crippen molar-refractivity contribution in [2.75, 3.05) is 6.61 Å². The number of rotatable bonds is 3. The van der Waals surface area contributed by atoms with Crippen LogP contribution in [0.2, 0.25) is 0 Å². The number of cyclic esters (lactones) is 1. The summed E-state index contributed by atoms with van der Waals surface area (Å²) in [5.41, 5.74) is 1.73. The average molecular weight is 216 g/mol. The van der Waals surface area contributed by atoms with E-state index in [2.05, 4.69) is 12.6 Å². The van der Waals surface area contributed by atoms with Crippen LogP contribution in [0.25, 0.3) is 0 Å². The molecule has 0 saturated carbocycles. The van der Waals surface area contributed by atoms with E-state index in [9.17, 15) is 4.79 Å². The molecule has 16 heavy (non-hydrogen) atoms. The number of benzene rings is 1. The lowest BCUT2D eigenvalue weighted by molar-refractivity contribution is -0.142. The Morgan fingerprint density at radius 1 is 1.56 bits per heavy atom. The van der Waals surface area contributed by atoms with E-state index in [1.165, 1.54) is 5.56 Å². The molecule has 84 valence electrons. The van der Waals surface area contributed by atoms with Crippen LogP contribution in [0.4, 0.5) is 0 Å². The predicted molar refractivity (Wildman–Crippen MR) is 63.2 cm³/mol. The zero-order valence-electron chi connectivity index (χ0n) is 9.53. The van der Waals surface area contributed by atoms with E-state index >= 15 is 0 Å². The first-order valence-electron chi connectivity index (χ1n) is 5.54. The van der Waals surface area contributed by atoms with Crippen molar-refractivity contribution < 1.29 is 9.53 Å². The quantitative estimate of drug-likeness (QED) is 0.573. The summed E-state index contributed by atoms with van der Waals surface area (Å²) in [6.07, 6.45) is 3.20. The number of carbonyl (C=O) groups is 1. The van der Waals surface area contributed by atoms with Crippen molar-refractivity contribution >= 4 is 5.97 Å². The van der Waals surface area contributed by atoms with Crippen LogP contribution < -0.4 is 0 Å². The van der Waals surface area contributed by atoms with Gasteiger partial charge in [0.15, 0.2) is 0 Å². The number of esters is 1. The molecule has 1 saturated heterocycles. The summed E-state index contributed by atoms with van der Waals surface area (Å²) in [7, 11) is 0. The third-order valence-corrected chi connectivity index (χ3v) is 3.22. The maximum Gasteiger partial charge on any atom is 0.317 e. The lowest BCUT2D eigenvalue weighted by Gasteiger charge is -2.23. The van der Waals surface area contributed by atoms with Crippen molar-refractivity contribution in [1.82, 2.24) is 0 Å². The SMILES string of the molecule is C=CC[C@]1(c2cccc(C)c2)CCOC1=O. The first-order valence-corrected chi connectivity index (χ1v) is 5.54. The van der Waals surface area contributed by atoms with E-state index in [0.717, 1.165) is 12.0 Å². The van der Waals surface area contributed by atoms with E-state index in [1.807, 2.05) is 25.1 Å². The van der Waals surface area contributed by atoms with Crippen LogP contribution in [-0.2, 0) is 14.9 Å². The summed E-state index contributed by atoms with van der Waals surface area (Å²) in [6, 6.07) is 8.09. The number of hydrogen-bond donors (Lipinski definition) is 0. The largest absolute Gasteiger partial charge is 0.465 e. The minimum Gasteiger partial charge on any atom is -0.465 e. The lowest BCUT2D eigenvalue weighted by atomic mass is 9.76. The van der Waals surface area contributed by atoms with Gasteiger partial charge in [0.2, 0.25) is 0 Å². The highest BCUT2D eigenvalue weighted by molar-refractivity contribution is 5.85. The van der Waals surface area contributed by atoms with Crippen molar-refractivity contribution in [3.8, 4) is 0 Å². The molecule has 2 heteroatoms. The number of ether oxygens (including phenoxy) is 1. The third kappa shape index (κ3) is 1.64. The van der Waals surface area contributed by atoms with Gasteiger partial charge < -0.3 is 4.74 Å². The molecule has 0 aromatic heterocycles. The fourth-order valence-corrected chi connectivity index (χ4v) is 2.31. The summed E-state index contributed by atoms with van der Waals surface area (Å²) < 4.78 is 5.13. The number of hydrogen-bond acceptors (Lipinski definition) is 2. The second-order valence-electron chi connectivity index (χ2n) is 4.33. The van der Waals surface area contributed by atoms with Crippen molar-refractivity contribution in [2.24, 2.45) is 0 Å². The Balaban J connectivity index is 2.47. The van der Waals surface area contributed by atoms with Gasteiger partial charge >= 0.3 is 5.97 Å². The van der Waals surface area contributed by atoms with Gasteiger partial charge in [-0.05, 0) is 18.9 Å². The third-order valence-electron chi connectivity index (χ3n) is 3.22. The lowest BCUT2D eigenvalue weighted by Crippen LogP contribution is -2.30. The van der Waals surface area contributed by atoms with Crippen LogP contribution in [0.1, 0.15) is 24.0 Å². The molecule has 0 N–H and O–H groups in total. The first-order chi connectivity index (χ1) is 7.69. The topological polar surface area (TPSA) is 26.3 Å². The van der Waals surface area contributed by atoms with Crippen LogP contribution in [0, 0.1) is 6.92 Å². The van der Waals surface area contributed by atoms with Crippen LogP contribution in [-0.4, -0.2) is 12.6 Å². The number of carbonyl (C=O) groups excluding carboxylic acids is 1. The van der Waals surface area contributed by atoms with Gasteiger partial charge in [0.1, 0.15) is 0 Å². The summed E-state index contributed by atoms with van der Waals surface area (Å²) in [6.45, 7) is 6.29. The average Bonchev–Trinajstić information content (AvgIpc) is 2.62. The Hall–Kier alpha value is -1.57. The highest BCUT2D eigenvalue weighted by Gasteiger charge is 2.44. The number of aryl methyl sites for hydroxylation is 1. The molecule has 0 amide bonds. The fraction of sp³-hybridized carbons (Fsp3) is 0.357. The summed E-state index contributed by atoms with van der Waals surface area (Å²) in [5, 5.41) is 0. The summed E-state index contributed by atoms with van der Waals surface area (Å²) in [4.78, 5) is 11.9. The molecule has 1 aromatic rings. The Kier molecular flexibility index (Phi) is 2.82. The van der Waals surface area contributed by atoms with Gasteiger partial charge in [-0.2, -0.15) is 0 Å². The molecule has 0 bridgehead atoms. The Labute approximate surface area is 95.9 Å². The fourth-order valence-electron chi connectivity index (χ4n) is 2.31. The van der Waals surface area contributed by atoms with E-state index in [0.29, 0.717) is 13.0 Å². The Morgan fingerprint density at radius 3 is 2.94 bits per heavy atom. The maximum absolute atomic E-state index is 11.9. The van der Waals surface area contributed by atoms with Gasteiger partial charge in [-0.15, -0.1) is 6.58 Å². The molecule has 0 aliphatic carbocycles. The predicted octanol–water partition coefficient (Wildman–Crippen LogP) is 2.76. The normalized spacial score (nSPS) is 24.2. The van der Waals surface area contributed by atoms with Crippen molar-refractivity contribution in [2.45, 2.75) is 25.2 Å². The summed E-state index contributed by atoms with van der Waals surface area (Å²) >= 11 is 0. The second-order valence-corrected chi connectivity index (χ2v) is 4.33. The van der Waals surface area contributed by atoms with Crippen LogP contribution in [0.5, 0.6) is 0 Å². The van der Waals surface area contributed by atoms with Gasteiger partial charge in [-0.1, -0.05) is 35.9 Å². The molecular formula is C14H16O2. The van der Waals surface area contributed by atoms with Gasteiger partial charge in [0.05, 0.1) is 12.0 Å². The molecule has 0 radical (unpaired) electrons. The van der Waals surface area contributed by atoms with E-state index in [1.54, 1.807) is 6.08 Å². The Bertz CT molecular complexity index is 422. The molecule has 0 unspecified atom stereocenters. The molecule has 2 rings (SSSR count). The maximum atomic E-state index is 11.9. The molecule has 1 heterocycles. The number of allylic oxidation sites excluding steroid dienone is 1. The molecule has 1 fully saturated rings. The van der Waals surface area contributed by atoms with Crippen LogP contribution >= 0.6 is 0 Å². The van der Waals surface area contributed by atoms with Gasteiger partial charge in [-0.3, -0.25) is 4.79 Å². The highest BCUT2D eigenvalue weighted by Crippen LogP contribution is 2.38. The molecule has 1 atom stereocenters. The standard InChI is InChI=1S/C14H16O2/c1-3-7-14(8-9-16-13(14)15)12-6-4-5-11(2)10-12/h3-6,10H,1,7-9H2,2H3/t14-/m1/s1. The first kappa shape index (κ1) is 10.9. The second kappa shape index (κ2) is 4.12. The van der Waals surface area contributed by atoms with E-state index < -0.39 is 5.41 Å². The van der Waals surface area contributed by atoms with Crippen molar-refractivity contribution in [1.29, 1.82) is 0 Å². The molecule has 1 aliphatic rings. The van der Waals surface area contributed by atoms with Crippen LogP contribution in [0.15, 0.2) is 36.9 Å². The minimum absolute atomic E-state index is 0.113. The Morgan fingerprint density at radius 2 is 2.38 bits per heavy atom.